The average molecular weight is 418 g/mol. The normalized spacial score (nSPS) is 10.6. The maximum absolute atomic E-state index is 13.3. The Labute approximate surface area is 175 Å². The van der Waals surface area contributed by atoms with Gasteiger partial charge in [-0.3, -0.25) is 14.8 Å². The highest BCUT2D eigenvalue weighted by atomic mass is 19.1. The van der Waals surface area contributed by atoms with Crippen LogP contribution in [0.4, 0.5) is 4.39 Å². The highest BCUT2D eigenvalue weighted by molar-refractivity contribution is 5.93. The number of nitrogens with one attached hydrogen (secondary N) is 1. The van der Waals surface area contributed by atoms with Gasteiger partial charge in [0.05, 0.1) is 35.4 Å². The predicted octanol–water partition coefficient (Wildman–Crippen LogP) is 2.49. The molecule has 3 aromatic heterocycles. The van der Waals surface area contributed by atoms with E-state index in [1.807, 2.05) is 24.3 Å². The SMILES string of the molecule is O=C(O)c1cncc(-n2cc(-c3ccccc3CNC(=O)c3cncc(F)c3)nn2)c1. The molecule has 31 heavy (non-hydrogen) atoms. The second kappa shape index (κ2) is 8.49. The van der Waals surface area contributed by atoms with Crippen LogP contribution in [0, 0.1) is 5.82 Å². The van der Waals surface area contributed by atoms with Gasteiger partial charge in [-0.15, -0.1) is 5.10 Å². The van der Waals surface area contributed by atoms with E-state index < -0.39 is 17.7 Å². The summed E-state index contributed by atoms with van der Waals surface area (Å²) in [5.41, 5.74) is 2.62. The second-order valence-electron chi connectivity index (χ2n) is 6.52. The molecule has 3 heterocycles. The summed E-state index contributed by atoms with van der Waals surface area (Å²) in [5.74, 6) is -2.14. The molecule has 1 aromatic carbocycles. The van der Waals surface area contributed by atoms with Crippen LogP contribution in [0.5, 0.6) is 0 Å². The number of aromatic nitrogens is 5. The lowest BCUT2D eigenvalue weighted by molar-refractivity contribution is 0.0696. The lowest BCUT2D eigenvalue weighted by atomic mass is 10.0. The number of carbonyl (C=O) groups excluding carboxylic acids is 1. The minimum absolute atomic E-state index is 0.0319. The molecule has 0 bridgehead atoms. The number of hydrogen-bond acceptors (Lipinski definition) is 6. The molecule has 0 saturated heterocycles. The van der Waals surface area contributed by atoms with Crippen molar-refractivity contribution >= 4 is 11.9 Å². The fourth-order valence-electron chi connectivity index (χ4n) is 2.92. The van der Waals surface area contributed by atoms with Crippen molar-refractivity contribution in [1.29, 1.82) is 0 Å². The van der Waals surface area contributed by atoms with Crippen molar-refractivity contribution in [3.05, 3.63) is 89.9 Å². The molecule has 0 unspecified atom stereocenters. The van der Waals surface area contributed by atoms with Gasteiger partial charge in [-0.25, -0.2) is 13.9 Å². The highest BCUT2D eigenvalue weighted by Gasteiger charge is 2.13. The van der Waals surface area contributed by atoms with Gasteiger partial charge >= 0.3 is 5.97 Å². The number of benzene rings is 1. The van der Waals surface area contributed by atoms with E-state index in [-0.39, 0.29) is 17.7 Å². The summed E-state index contributed by atoms with van der Waals surface area (Å²) >= 11 is 0. The van der Waals surface area contributed by atoms with Crippen molar-refractivity contribution in [1.82, 2.24) is 30.3 Å². The van der Waals surface area contributed by atoms with Gasteiger partial charge < -0.3 is 10.4 Å². The first-order valence-electron chi connectivity index (χ1n) is 9.09. The Bertz CT molecular complexity index is 1270. The lowest BCUT2D eigenvalue weighted by Crippen LogP contribution is -2.23. The Hall–Kier alpha value is -4.47. The molecule has 9 nitrogen and oxygen atoms in total. The molecular formula is C21H15FN6O3. The van der Waals surface area contributed by atoms with E-state index in [1.165, 1.54) is 29.3 Å². The Morgan fingerprint density at radius 1 is 1.03 bits per heavy atom. The van der Waals surface area contributed by atoms with Crippen molar-refractivity contribution < 1.29 is 19.1 Å². The number of hydrogen-bond donors (Lipinski definition) is 2. The zero-order valence-electron chi connectivity index (χ0n) is 15.9. The summed E-state index contributed by atoms with van der Waals surface area (Å²) in [4.78, 5) is 31.0. The molecule has 0 spiro atoms. The Balaban J connectivity index is 1.56. The molecule has 4 aromatic rings. The zero-order valence-corrected chi connectivity index (χ0v) is 15.9. The zero-order chi connectivity index (χ0) is 21.8. The average Bonchev–Trinajstić information content (AvgIpc) is 3.28. The smallest absolute Gasteiger partial charge is 0.337 e. The number of pyridine rings is 2. The van der Waals surface area contributed by atoms with Crippen LogP contribution < -0.4 is 5.32 Å². The van der Waals surface area contributed by atoms with Crippen LogP contribution >= 0.6 is 0 Å². The van der Waals surface area contributed by atoms with E-state index >= 15 is 0 Å². The summed E-state index contributed by atoms with van der Waals surface area (Å²) in [6.45, 7) is 0.175. The number of rotatable bonds is 6. The molecular weight excluding hydrogens is 403 g/mol. The van der Waals surface area contributed by atoms with Crippen LogP contribution in [0.15, 0.2) is 67.4 Å². The van der Waals surface area contributed by atoms with Crippen LogP contribution in [0.3, 0.4) is 0 Å². The van der Waals surface area contributed by atoms with Crippen LogP contribution in [0.2, 0.25) is 0 Å². The quantitative estimate of drug-likeness (QED) is 0.493. The van der Waals surface area contributed by atoms with Gasteiger partial charge in [0.15, 0.2) is 0 Å². The lowest BCUT2D eigenvalue weighted by Gasteiger charge is -2.09. The first-order chi connectivity index (χ1) is 15.0. The molecule has 0 aliphatic carbocycles. The fraction of sp³-hybridized carbons (Fsp3) is 0.0476. The van der Waals surface area contributed by atoms with Crippen LogP contribution in [0.1, 0.15) is 26.3 Å². The number of aromatic carboxylic acids is 1. The van der Waals surface area contributed by atoms with Crippen molar-refractivity contribution in [2.24, 2.45) is 0 Å². The van der Waals surface area contributed by atoms with Gasteiger partial charge in [0, 0.05) is 24.5 Å². The van der Waals surface area contributed by atoms with Gasteiger partial charge in [0.1, 0.15) is 11.5 Å². The third-order valence-corrected chi connectivity index (χ3v) is 4.43. The Morgan fingerprint density at radius 3 is 2.61 bits per heavy atom. The van der Waals surface area contributed by atoms with Gasteiger partial charge in [-0.1, -0.05) is 29.5 Å². The molecule has 10 heteroatoms. The standard InChI is InChI=1S/C21H15FN6O3/c22-16-5-14(7-23-10-16)20(29)25-9-13-3-1-2-4-18(13)19-12-28(27-26-19)17-6-15(21(30)31)8-24-11-17/h1-8,10-12H,9H2,(H,25,29)(H,30,31). The highest BCUT2D eigenvalue weighted by Crippen LogP contribution is 2.22. The fourth-order valence-corrected chi connectivity index (χ4v) is 2.92. The molecule has 0 radical (unpaired) electrons. The van der Waals surface area contributed by atoms with E-state index in [2.05, 4.69) is 25.6 Å². The van der Waals surface area contributed by atoms with Crippen molar-refractivity contribution in [2.45, 2.75) is 6.54 Å². The summed E-state index contributed by atoms with van der Waals surface area (Å²) < 4.78 is 14.7. The van der Waals surface area contributed by atoms with E-state index in [9.17, 15) is 14.0 Å². The van der Waals surface area contributed by atoms with Crippen LogP contribution in [-0.4, -0.2) is 41.9 Å². The topological polar surface area (TPSA) is 123 Å². The van der Waals surface area contributed by atoms with Crippen molar-refractivity contribution in [3.8, 4) is 16.9 Å². The molecule has 0 fully saturated rings. The molecule has 0 saturated carbocycles. The maximum atomic E-state index is 13.3. The Kier molecular flexibility index (Phi) is 5.43. The van der Waals surface area contributed by atoms with E-state index in [0.717, 1.165) is 23.4 Å². The number of carboxylic acid groups (broad SMARTS) is 1. The predicted molar refractivity (Wildman–Crippen MR) is 107 cm³/mol. The summed E-state index contributed by atoms with van der Waals surface area (Å²) in [6.07, 6.45) is 6.67. The number of amides is 1. The largest absolute Gasteiger partial charge is 0.478 e. The second-order valence-corrected chi connectivity index (χ2v) is 6.52. The third kappa shape index (κ3) is 4.42. The third-order valence-electron chi connectivity index (χ3n) is 4.43. The monoisotopic (exact) mass is 418 g/mol. The molecule has 4 rings (SSSR count). The minimum Gasteiger partial charge on any atom is -0.478 e. The van der Waals surface area contributed by atoms with Gasteiger partial charge in [-0.2, -0.15) is 0 Å². The first kappa shape index (κ1) is 19.8. The summed E-state index contributed by atoms with van der Waals surface area (Å²) in [5, 5.41) is 20.1. The first-order valence-corrected chi connectivity index (χ1v) is 9.09. The van der Waals surface area contributed by atoms with E-state index in [1.54, 1.807) is 6.20 Å². The maximum Gasteiger partial charge on any atom is 0.337 e. The molecule has 154 valence electrons. The number of carboxylic acids is 1. The summed E-state index contributed by atoms with van der Waals surface area (Å²) in [7, 11) is 0. The molecule has 1 amide bonds. The van der Waals surface area contributed by atoms with Gasteiger partial charge in [0.2, 0.25) is 0 Å². The number of halogens is 1. The summed E-state index contributed by atoms with van der Waals surface area (Å²) in [6, 6.07) is 9.84. The number of nitrogens with zero attached hydrogens (tertiary/aromatic N) is 5. The number of carbonyl (C=O) groups is 2. The van der Waals surface area contributed by atoms with Crippen LogP contribution in [0.25, 0.3) is 16.9 Å². The van der Waals surface area contributed by atoms with Crippen molar-refractivity contribution in [3.63, 3.8) is 0 Å². The minimum atomic E-state index is -1.09. The molecule has 0 aliphatic heterocycles. The Morgan fingerprint density at radius 2 is 1.81 bits per heavy atom. The van der Waals surface area contributed by atoms with E-state index in [0.29, 0.717) is 11.4 Å². The van der Waals surface area contributed by atoms with E-state index in [4.69, 9.17) is 5.11 Å². The van der Waals surface area contributed by atoms with Crippen LogP contribution in [-0.2, 0) is 6.54 Å². The van der Waals surface area contributed by atoms with Gasteiger partial charge in [0.25, 0.3) is 5.91 Å². The van der Waals surface area contributed by atoms with Gasteiger partial charge in [-0.05, 0) is 17.7 Å². The van der Waals surface area contributed by atoms with Crippen molar-refractivity contribution in [2.75, 3.05) is 0 Å². The molecule has 0 aliphatic rings. The molecule has 0 atom stereocenters. The molecule has 2 N–H and O–H groups in total.